The van der Waals surface area contributed by atoms with Gasteiger partial charge >= 0.3 is 0 Å². The SMILES string of the molecule is CCC(CC)c1ccc(CC(C(=O)c2cccc(F)c2)c2ccc(F)cc2)cc1. The van der Waals surface area contributed by atoms with Gasteiger partial charge in [-0.15, -0.1) is 0 Å². The van der Waals surface area contributed by atoms with Crippen LogP contribution in [0.3, 0.4) is 0 Å². The van der Waals surface area contributed by atoms with Gasteiger partial charge in [-0.1, -0.05) is 62.4 Å². The van der Waals surface area contributed by atoms with Crippen molar-refractivity contribution in [2.24, 2.45) is 0 Å². The van der Waals surface area contributed by atoms with Gasteiger partial charge in [0.05, 0.1) is 5.92 Å². The van der Waals surface area contributed by atoms with Crippen LogP contribution in [0, 0.1) is 11.6 Å². The summed E-state index contributed by atoms with van der Waals surface area (Å²) in [4.78, 5) is 13.2. The van der Waals surface area contributed by atoms with Crippen molar-refractivity contribution in [3.05, 3.63) is 107 Å². The Balaban J connectivity index is 1.91. The Labute approximate surface area is 171 Å². The van der Waals surface area contributed by atoms with Crippen LogP contribution in [0.2, 0.25) is 0 Å². The number of carbonyl (C=O) groups is 1. The fourth-order valence-electron chi connectivity index (χ4n) is 3.82. The summed E-state index contributed by atoms with van der Waals surface area (Å²) in [5, 5.41) is 0. The lowest BCUT2D eigenvalue weighted by molar-refractivity contribution is 0.0958. The number of halogens is 2. The standard InChI is InChI=1S/C26H26F2O/c1-3-19(4-2)20-10-8-18(9-11-20)16-25(21-12-14-23(27)15-13-21)26(29)22-6-5-7-24(28)17-22/h5-15,17,19,25H,3-4,16H2,1-2H3. The maximum Gasteiger partial charge on any atom is 0.170 e. The van der Waals surface area contributed by atoms with E-state index < -0.39 is 11.7 Å². The first-order valence-corrected chi connectivity index (χ1v) is 10.2. The van der Waals surface area contributed by atoms with Gasteiger partial charge in [0.2, 0.25) is 0 Å². The van der Waals surface area contributed by atoms with Crippen LogP contribution in [0.4, 0.5) is 8.78 Å². The molecular weight excluding hydrogens is 366 g/mol. The molecule has 29 heavy (non-hydrogen) atoms. The van der Waals surface area contributed by atoms with E-state index in [1.165, 1.54) is 35.9 Å². The average molecular weight is 392 g/mol. The van der Waals surface area contributed by atoms with Crippen LogP contribution in [0.1, 0.15) is 65.6 Å². The predicted molar refractivity (Wildman–Crippen MR) is 113 cm³/mol. The number of Topliss-reactive ketones (excluding diaryl/α,β-unsaturated/α-hetero) is 1. The van der Waals surface area contributed by atoms with Gasteiger partial charge in [0.25, 0.3) is 0 Å². The summed E-state index contributed by atoms with van der Waals surface area (Å²) in [5.74, 6) is -0.925. The summed E-state index contributed by atoms with van der Waals surface area (Å²) in [6, 6.07) is 20.1. The molecule has 0 aliphatic rings. The second-order valence-corrected chi connectivity index (χ2v) is 7.44. The molecule has 0 aliphatic carbocycles. The molecule has 0 aromatic heterocycles. The molecule has 0 N–H and O–H groups in total. The van der Waals surface area contributed by atoms with Crippen LogP contribution in [0.15, 0.2) is 72.8 Å². The largest absolute Gasteiger partial charge is 0.293 e. The maximum absolute atomic E-state index is 13.7. The lowest BCUT2D eigenvalue weighted by Gasteiger charge is -2.18. The summed E-state index contributed by atoms with van der Waals surface area (Å²) < 4.78 is 27.1. The van der Waals surface area contributed by atoms with Gasteiger partial charge in [-0.05, 0) is 66.1 Å². The topological polar surface area (TPSA) is 17.1 Å². The molecule has 1 unspecified atom stereocenters. The molecule has 0 fully saturated rings. The summed E-state index contributed by atoms with van der Waals surface area (Å²) in [5.41, 5.74) is 3.38. The van der Waals surface area contributed by atoms with Crippen LogP contribution in [-0.2, 0) is 6.42 Å². The first-order chi connectivity index (χ1) is 14.0. The number of benzene rings is 3. The molecule has 0 aliphatic heterocycles. The molecule has 0 radical (unpaired) electrons. The average Bonchev–Trinajstić information content (AvgIpc) is 2.74. The van der Waals surface area contributed by atoms with E-state index in [4.69, 9.17) is 0 Å². The summed E-state index contributed by atoms with van der Waals surface area (Å²) in [7, 11) is 0. The van der Waals surface area contributed by atoms with Crippen molar-refractivity contribution < 1.29 is 13.6 Å². The van der Waals surface area contributed by atoms with Gasteiger partial charge in [0, 0.05) is 5.56 Å². The van der Waals surface area contributed by atoms with Gasteiger partial charge in [-0.3, -0.25) is 4.79 Å². The molecule has 3 aromatic rings. The maximum atomic E-state index is 13.7. The zero-order valence-electron chi connectivity index (χ0n) is 16.9. The minimum Gasteiger partial charge on any atom is -0.293 e. The molecule has 3 rings (SSSR count). The van der Waals surface area contributed by atoms with Crippen molar-refractivity contribution in [1.82, 2.24) is 0 Å². The summed E-state index contributed by atoms with van der Waals surface area (Å²) in [6.07, 6.45) is 2.66. The van der Waals surface area contributed by atoms with Crippen molar-refractivity contribution in [3.8, 4) is 0 Å². The molecule has 0 heterocycles. The van der Waals surface area contributed by atoms with Crippen molar-refractivity contribution in [2.75, 3.05) is 0 Å². The smallest absolute Gasteiger partial charge is 0.170 e. The van der Waals surface area contributed by atoms with Crippen molar-refractivity contribution in [2.45, 2.75) is 44.9 Å². The quantitative estimate of drug-likeness (QED) is 0.374. The third kappa shape index (κ3) is 5.17. The molecule has 0 amide bonds. The highest BCUT2D eigenvalue weighted by Crippen LogP contribution is 2.28. The first kappa shape index (κ1) is 20.9. The van der Waals surface area contributed by atoms with E-state index in [0.29, 0.717) is 17.9 Å². The Bertz CT molecular complexity index is 941. The van der Waals surface area contributed by atoms with Crippen LogP contribution < -0.4 is 0 Å². The third-order valence-electron chi connectivity index (χ3n) is 5.57. The molecule has 150 valence electrons. The Morgan fingerprint density at radius 3 is 2.00 bits per heavy atom. The van der Waals surface area contributed by atoms with Crippen molar-refractivity contribution >= 4 is 5.78 Å². The molecule has 0 saturated heterocycles. The number of hydrogen-bond donors (Lipinski definition) is 0. The van der Waals surface area contributed by atoms with E-state index >= 15 is 0 Å². The van der Waals surface area contributed by atoms with Crippen molar-refractivity contribution in [1.29, 1.82) is 0 Å². The van der Waals surface area contributed by atoms with E-state index in [-0.39, 0.29) is 11.6 Å². The van der Waals surface area contributed by atoms with E-state index in [9.17, 15) is 13.6 Å². The Hall–Kier alpha value is -2.81. The lowest BCUT2D eigenvalue weighted by Crippen LogP contribution is -2.16. The highest BCUT2D eigenvalue weighted by molar-refractivity contribution is 6.01. The second-order valence-electron chi connectivity index (χ2n) is 7.44. The molecule has 0 bridgehead atoms. The molecule has 1 nitrogen and oxygen atoms in total. The van der Waals surface area contributed by atoms with Crippen molar-refractivity contribution in [3.63, 3.8) is 0 Å². The Morgan fingerprint density at radius 2 is 1.41 bits per heavy atom. The van der Waals surface area contributed by atoms with Gasteiger partial charge in [0.1, 0.15) is 11.6 Å². The predicted octanol–water partition coefficient (Wildman–Crippen LogP) is 7.08. The molecule has 0 spiro atoms. The molecule has 3 heteroatoms. The molecule has 3 aromatic carbocycles. The molecule has 0 saturated carbocycles. The van der Waals surface area contributed by atoms with Gasteiger partial charge in [-0.25, -0.2) is 8.78 Å². The van der Waals surface area contributed by atoms with E-state index in [1.807, 2.05) is 0 Å². The minimum absolute atomic E-state index is 0.167. The summed E-state index contributed by atoms with van der Waals surface area (Å²) >= 11 is 0. The van der Waals surface area contributed by atoms with E-state index in [0.717, 1.165) is 24.0 Å². The Morgan fingerprint density at radius 1 is 0.793 bits per heavy atom. The number of rotatable bonds is 8. The molecule has 1 atom stereocenters. The van der Waals surface area contributed by atoms with Crippen LogP contribution >= 0.6 is 0 Å². The van der Waals surface area contributed by atoms with Gasteiger partial charge in [-0.2, -0.15) is 0 Å². The number of hydrogen-bond acceptors (Lipinski definition) is 1. The highest BCUT2D eigenvalue weighted by Gasteiger charge is 2.23. The zero-order chi connectivity index (χ0) is 20.8. The minimum atomic E-state index is -0.503. The number of ketones is 1. The zero-order valence-corrected chi connectivity index (χ0v) is 16.9. The lowest BCUT2D eigenvalue weighted by atomic mass is 9.85. The monoisotopic (exact) mass is 392 g/mol. The number of carbonyl (C=O) groups excluding carboxylic acids is 1. The normalized spacial score (nSPS) is 12.2. The fraction of sp³-hybridized carbons (Fsp3) is 0.269. The summed E-state index contributed by atoms with van der Waals surface area (Å²) in [6.45, 7) is 4.37. The third-order valence-corrected chi connectivity index (χ3v) is 5.57. The van der Waals surface area contributed by atoms with Gasteiger partial charge < -0.3 is 0 Å². The van der Waals surface area contributed by atoms with Crippen LogP contribution in [-0.4, -0.2) is 5.78 Å². The van der Waals surface area contributed by atoms with Crippen LogP contribution in [0.25, 0.3) is 0 Å². The first-order valence-electron chi connectivity index (χ1n) is 10.2. The Kier molecular flexibility index (Phi) is 6.92. The van der Waals surface area contributed by atoms with Crippen LogP contribution in [0.5, 0.6) is 0 Å². The van der Waals surface area contributed by atoms with Gasteiger partial charge in [0.15, 0.2) is 5.78 Å². The molecular formula is C26H26F2O. The highest BCUT2D eigenvalue weighted by atomic mass is 19.1. The van der Waals surface area contributed by atoms with E-state index in [2.05, 4.69) is 38.1 Å². The fourth-order valence-corrected chi connectivity index (χ4v) is 3.82. The second kappa shape index (κ2) is 9.60. The van der Waals surface area contributed by atoms with E-state index in [1.54, 1.807) is 18.2 Å².